The van der Waals surface area contributed by atoms with E-state index in [1.54, 1.807) is 0 Å². The molecule has 1 amide bonds. The zero-order chi connectivity index (χ0) is 15.7. The summed E-state index contributed by atoms with van der Waals surface area (Å²) in [7, 11) is 0. The standard InChI is InChI=1S/C20H28N2O.ClH/c23-19(18-15-20(18)10-12-21-13-11-20)22-14-4-7-17(22)9-8-16-5-2-1-3-6-16;/h1-3,5-6,17-18,21H,4,7-15H2;1H. The molecule has 1 spiro atoms. The first-order valence-electron chi connectivity index (χ1n) is 9.34. The van der Waals surface area contributed by atoms with Gasteiger partial charge in [0.2, 0.25) is 5.91 Å². The minimum Gasteiger partial charge on any atom is -0.339 e. The van der Waals surface area contributed by atoms with Crippen LogP contribution in [0.15, 0.2) is 30.3 Å². The molecule has 2 heterocycles. The van der Waals surface area contributed by atoms with Crippen molar-refractivity contribution >= 4 is 18.3 Å². The molecule has 1 aromatic carbocycles. The van der Waals surface area contributed by atoms with Crippen molar-refractivity contribution in [2.75, 3.05) is 19.6 Å². The van der Waals surface area contributed by atoms with Crippen LogP contribution in [0.2, 0.25) is 0 Å². The molecule has 24 heavy (non-hydrogen) atoms. The first-order chi connectivity index (χ1) is 11.3. The molecule has 0 aromatic heterocycles. The molecule has 2 aliphatic heterocycles. The molecule has 3 nitrogen and oxygen atoms in total. The van der Waals surface area contributed by atoms with Crippen molar-refractivity contribution in [2.24, 2.45) is 11.3 Å². The van der Waals surface area contributed by atoms with E-state index in [4.69, 9.17) is 0 Å². The number of nitrogens with zero attached hydrogens (tertiary/aromatic N) is 1. The van der Waals surface area contributed by atoms with Crippen LogP contribution in [0.3, 0.4) is 0 Å². The summed E-state index contributed by atoms with van der Waals surface area (Å²) in [6.45, 7) is 3.19. The number of halogens is 1. The monoisotopic (exact) mass is 348 g/mol. The average Bonchev–Trinajstić information content (AvgIpc) is 3.07. The molecule has 4 rings (SSSR count). The summed E-state index contributed by atoms with van der Waals surface area (Å²) in [6, 6.07) is 11.2. The highest BCUT2D eigenvalue weighted by Gasteiger charge is 2.59. The number of carbonyl (C=O) groups is 1. The SMILES string of the molecule is Cl.O=C(C1CC12CCNCC2)N1CCCC1CCc1ccccc1. The van der Waals surface area contributed by atoms with E-state index in [0.29, 0.717) is 23.3 Å². The molecule has 1 N–H and O–H groups in total. The average molecular weight is 349 g/mol. The van der Waals surface area contributed by atoms with Gasteiger partial charge < -0.3 is 10.2 Å². The summed E-state index contributed by atoms with van der Waals surface area (Å²) in [5.74, 6) is 0.810. The molecule has 132 valence electrons. The number of nitrogens with one attached hydrogen (secondary N) is 1. The lowest BCUT2D eigenvalue weighted by molar-refractivity contribution is -0.134. The van der Waals surface area contributed by atoms with E-state index in [9.17, 15) is 4.79 Å². The van der Waals surface area contributed by atoms with E-state index >= 15 is 0 Å². The van der Waals surface area contributed by atoms with Crippen LogP contribution < -0.4 is 5.32 Å². The number of piperidine rings is 1. The van der Waals surface area contributed by atoms with Gasteiger partial charge in [-0.2, -0.15) is 0 Å². The predicted molar refractivity (Wildman–Crippen MR) is 99.4 cm³/mol. The molecule has 2 saturated heterocycles. The van der Waals surface area contributed by atoms with Gasteiger partial charge in [0.1, 0.15) is 0 Å². The molecule has 2 atom stereocenters. The molecule has 0 bridgehead atoms. The number of hydrogen-bond donors (Lipinski definition) is 1. The van der Waals surface area contributed by atoms with Gasteiger partial charge in [0.25, 0.3) is 0 Å². The topological polar surface area (TPSA) is 32.3 Å². The van der Waals surface area contributed by atoms with E-state index in [2.05, 4.69) is 40.5 Å². The maximum Gasteiger partial charge on any atom is 0.226 e. The summed E-state index contributed by atoms with van der Waals surface area (Å²) in [6.07, 6.45) is 8.14. The Labute approximate surface area is 151 Å². The Morgan fingerprint density at radius 3 is 2.71 bits per heavy atom. The quantitative estimate of drug-likeness (QED) is 0.904. The lowest BCUT2D eigenvalue weighted by Gasteiger charge is -2.28. The minimum absolute atomic E-state index is 0. The van der Waals surface area contributed by atoms with Crippen molar-refractivity contribution in [3.05, 3.63) is 35.9 Å². The summed E-state index contributed by atoms with van der Waals surface area (Å²) in [4.78, 5) is 15.2. The fourth-order valence-corrected chi connectivity index (χ4v) is 4.78. The van der Waals surface area contributed by atoms with Gasteiger partial charge in [0.05, 0.1) is 0 Å². The highest BCUT2D eigenvalue weighted by atomic mass is 35.5. The van der Waals surface area contributed by atoms with Crippen molar-refractivity contribution in [1.82, 2.24) is 10.2 Å². The fraction of sp³-hybridized carbons (Fsp3) is 0.650. The summed E-state index contributed by atoms with van der Waals surface area (Å²) >= 11 is 0. The normalized spacial score (nSPS) is 27.8. The summed E-state index contributed by atoms with van der Waals surface area (Å²) in [5, 5.41) is 3.43. The highest BCUT2D eigenvalue weighted by Crippen LogP contribution is 2.59. The molecule has 0 radical (unpaired) electrons. The summed E-state index contributed by atoms with van der Waals surface area (Å²) in [5.41, 5.74) is 1.77. The lowest BCUT2D eigenvalue weighted by atomic mass is 9.91. The predicted octanol–water partition coefficient (Wildman–Crippen LogP) is 3.42. The zero-order valence-electron chi connectivity index (χ0n) is 14.4. The number of benzene rings is 1. The van der Waals surface area contributed by atoms with Crippen molar-refractivity contribution in [3.63, 3.8) is 0 Å². The van der Waals surface area contributed by atoms with Crippen LogP contribution in [-0.4, -0.2) is 36.5 Å². The van der Waals surface area contributed by atoms with Gasteiger partial charge in [-0.15, -0.1) is 12.4 Å². The smallest absolute Gasteiger partial charge is 0.226 e. The maximum absolute atomic E-state index is 13.0. The zero-order valence-corrected chi connectivity index (χ0v) is 15.2. The minimum atomic E-state index is 0. The third-order valence-corrected chi connectivity index (χ3v) is 6.36. The van der Waals surface area contributed by atoms with Crippen molar-refractivity contribution in [3.8, 4) is 0 Å². The van der Waals surface area contributed by atoms with E-state index < -0.39 is 0 Å². The Morgan fingerprint density at radius 2 is 1.96 bits per heavy atom. The van der Waals surface area contributed by atoms with E-state index in [-0.39, 0.29) is 12.4 Å². The van der Waals surface area contributed by atoms with Crippen LogP contribution in [0.4, 0.5) is 0 Å². The number of hydrogen-bond acceptors (Lipinski definition) is 2. The van der Waals surface area contributed by atoms with Gasteiger partial charge in [-0.25, -0.2) is 0 Å². The largest absolute Gasteiger partial charge is 0.339 e. The van der Waals surface area contributed by atoms with E-state index in [1.165, 1.54) is 31.2 Å². The number of likely N-dealkylation sites (tertiary alicyclic amines) is 1. The van der Waals surface area contributed by atoms with Gasteiger partial charge in [0, 0.05) is 18.5 Å². The second-order valence-corrected chi connectivity index (χ2v) is 7.72. The molecule has 4 heteroatoms. The number of rotatable bonds is 4. The van der Waals surface area contributed by atoms with Crippen molar-refractivity contribution in [2.45, 2.75) is 51.0 Å². The van der Waals surface area contributed by atoms with Crippen LogP contribution in [0.1, 0.15) is 44.1 Å². The van der Waals surface area contributed by atoms with Crippen LogP contribution in [0, 0.1) is 11.3 Å². The third-order valence-electron chi connectivity index (χ3n) is 6.36. The van der Waals surface area contributed by atoms with Gasteiger partial charge in [0.15, 0.2) is 0 Å². The van der Waals surface area contributed by atoms with Crippen LogP contribution >= 0.6 is 12.4 Å². The first-order valence-corrected chi connectivity index (χ1v) is 9.34. The Hall–Kier alpha value is -1.06. The maximum atomic E-state index is 13.0. The van der Waals surface area contributed by atoms with Crippen LogP contribution in [0.25, 0.3) is 0 Å². The van der Waals surface area contributed by atoms with E-state index in [1.807, 2.05) is 0 Å². The second-order valence-electron chi connectivity index (χ2n) is 7.72. The number of aryl methyl sites for hydroxylation is 1. The molecule has 2 unspecified atom stereocenters. The van der Waals surface area contributed by atoms with Gasteiger partial charge in [-0.1, -0.05) is 30.3 Å². The molecular formula is C20H29ClN2O. The molecule has 3 aliphatic rings. The molecular weight excluding hydrogens is 320 g/mol. The first kappa shape index (κ1) is 17.8. The van der Waals surface area contributed by atoms with Crippen molar-refractivity contribution in [1.29, 1.82) is 0 Å². The Balaban J connectivity index is 0.00000169. The fourth-order valence-electron chi connectivity index (χ4n) is 4.78. The van der Waals surface area contributed by atoms with Crippen LogP contribution in [0.5, 0.6) is 0 Å². The molecule has 1 saturated carbocycles. The van der Waals surface area contributed by atoms with Crippen molar-refractivity contribution < 1.29 is 4.79 Å². The molecule has 3 fully saturated rings. The lowest BCUT2D eigenvalue weighted by Crippen LogP contribution is -2.39. The Bertz CT molecular complexity index is 556. The van der Waals surface area contributed by atoms with E-state index in [0.717, 1.165) is 38.9 Å². The third kappa shape index (κ3) is 3.48. The number of amides is 1. The molecule has 1 aliphatic carbocycles. The summed E-state index contributed by atoms with van der Waals surface area (Å²) < 4.78 is 0. The number of carbonyl (C=O) groups excluding carboxylic acids is 1. The Morgan fingerprint density at radius 1 is 1.21 bits per heavy atom. The Kier molecular flexibility index (Phi) is 5.51. The highest BCUT2D eigenvalue weighted by molar-refractivity contribution is 5.85. The van der Waals surface area contributed by atoms with Gasteiger partial charge in [-0.3, -0.25) is 4.79 Å². The van der Waals surface area contributed by atoms with Gasteiger partial charge in [-0.05, 0) is 69.0 Å². The molecule has 1 aromatic rings. The van der Waals surface area contributed by atoms with Crippen LogP contribution in [-0.2, 0) is 11.2 Å². The second kappa shape index (κ2) is 7.45. The van der Waals surface area contributed by atoms with Gasteiger partial charge >= 0.3 is 0 Å².